The van der Waals surface area contributed by atoms with Gasteiger partial charge in [0.25, 0.3) is 0 Å². The zero-order chi connectivity index (χ0) is 17.9. The Balaban J connectivity index is 1.76. The van der Waals surface area contributed by atoms with Crippen molar-refractivity contribution in [2.24, 2.45) is 0 Å². The Kier molecular flexibility index (Phi) is 5.78. The van der Waals surface area contributed by atoms with E-state index in [4.69, 9.17) is 16.3 Å². The standard InChI is InChI=1S/C15H16ClF3N4OS/c16-11-4-2-1-3-10(11)12(23-5-7-24-8-6-23)9-20-14-22-21-13(25-14)15(17,18)19/h1-4,12H,5-9H2,(H,20,22). The number of rotatable bonds is 5. The Bertz CT molecular complexity index is 706. The van der Waals surface area contributed by atoms with Crippen LogP contribution in [0.4, 0.5) is 18.3 Å². The molecule has 1 aliphatic heterocycles. The van der Waals surface area contributed by atoms with Crippen LogP contribution in [-0.2, 0) is 10.9 Å². The minimum atomic E-state index is -4.48. The van der Waals surface area contributed by atoms with Crippen LogP contribution in [-0.4, -0.2) is 47.9 Å². The van der Waals surface area contributed by atoms with Gasteiger partial charge in [-0.2, -0.15) is 13.2 Å². The molecule has 25 heavy (non-hydrogen) atoms. The topological polar surface area (TPSA) is 50.3 Å². The monoisotopic (exact) mass is 392 g/mol. The zero-order valence-electron chi connectivity index (χ0n) is 13.1. The van der Waals surface area contributed by atoms with Crippen LogP contribution in [0.1, 0.15) is 16.6 Å². The van der Waals surface area contributed by atoms with E-state index in [9.17, 15) is 13.2 Å². The molecule has 2 aromatic rings. The van der Waals surface area contributed by atoms with E-state index in [1.54, 1.807) is 6.07 Å². The van der Waals surface area contributed by atoms with Crippen LogP contribution in [0.15, 0.2) is 24.3 Å². The number of nitrogens with one attached hydrogen (secondary N) is 1. The summed E-state index contributed by atoms with van der Waals surface area (Å²) in [4.78, 5) is 2.20. The molecule has 1 aromatic heterocycles. The van der Waals surface area contributed by atoms with Crippen molar-refractivity contribution in [2.45, 2.75) is 12.2 Å². The molecule has 1 atom stereocenters. The fourth-order valence-electron chi connectivity index (χ4n) is 2.66. The van der Waals surface area contributed by atoms with Gasteiger partial charge in [-0.3, -0.25) is 4.90 Å². The first-order valence-corrected chi connectivity index (χ1v) is 8.85. The molecular formula is C15H16ClF3N4OS. The van der Waals surface area contributed by atoms with E-state index in [0.717, 1.165) is 18.7 Å². The number of benzene rings is 1. The first-order valence-electron chi connectivity index (χ1n) is 7.66. The molecule has 0 saturated carbocycles. The van der Waals surface area contributed by atoms with Gasteiger partial charge in [-0.1, -0.05) is 41.1 Å². The Morgan fingerprint density at radius 2 is 1.96 bits per heavy atom. The average Bonchev–Trinajstić information content (AvgIpc) is 3.07. The fraction of sp³-hybridized carbons (Fsp3) is 0.467. The fourth-order valence-corrected chi connectivity index (χ4v) is 3.54. The van der Waals surface area contributed by atoms with Crippen LogP contribution in [0.2, 0.25) is 5.02 Å². The molecule has 2 heterocycles. The second kappa shape index (κ2) is 7.86. The lowest BCUT2D eigenvalue weighted by atomic mass is 10.0. The molecule has 0 radical (unpaired) electrons. The van der Waals surface area contributed by atoms with Crippen LogP contribution < -0.4 is 5.32 Å². The number of anilines is 1. The molecule has 0 aliphatic carbocycles. The lowest BCUT2D eigenvalue weighted by Gasteiger charge is -2.35. The van der Waals surface area contributed by atoms with E-state index < -0.39 is 11.2 Å². The highest BCUT2D eigenvalue weighted by molar-refractivity contribution is 7.15. The number of morpholine rings is 1. The largest absolute Gasteiger partial charge is 0.445 e. The molecule has 0 bridgehead atoms. The molecule has 3 rings (SSSR count). The summed E-state index contributed by atoms with van der Waals surface area (Å²) < 4.78 is 43.3. The summed E-state index contributed by atoms with van der Waals surface area (Å²) in [6.45, 7) is 3.04. The van der Waals surface area contributed by atoms with E-state index in [1.165, 1.54) is 0 Å². The molecule has 1 N–H and O–H groups in total. The lowest BCUT2D eigenvalue weighted by Crippen LogP contribution is -2.41. The summed E-state index contributed by atoms with van der Waals surface area (Å²) in [5, 5.41) is 9.52. The second-order valence-corrected chi connectivity index (χ2v) is 6.86. The lowest BCUT2D eigenvalue weighted by molar-refractivity contribution is -0.138. The van der Waals surface area contributed by atoms with Gasteiger partial charge < -0.3 is 10.1 Å². The van der Waals surface area contributed by atoms with Crippen LogP contribution in [0.3, 0.4) is 0 Å². The SMILES string of the molecule is FC(F)(F)c1nnc(NCC(c2ccccc2Cl)N2CCOCC2)s1. The maximum Gasteiger partial charge on any atom is 0.445 e. The number of alkyl halides is 3. The van der Waals surface area contributed by atoms with Gasteiger partial charge in [0.05, 0.1) is 19.3 Å². The van der Waals surface area contributed by atoms with Gasteiger partial charge in [-0.15, -0.1) is 10.2 Å². The number of hydrogen-bond acceptors (Lipinski definition) is 6. The molecule has 1 fully saturated rings. The van der Waals surface area contributed by atoms with Crippen molar-refractivity contribution in [3.63, 3.8) is 0 Å². The molecule has 10 heteroatoms. The molecule has 1 saturated heterocycles. The normalized spacial score (nSPS) is 17.4. The van der Waals surface area contributed by atoms with Gasteiger partial charge in [0.1, 0.15) is 0 Å². The predicted octanol–water partition coefficient (Wildman–Crippen LogP) is 3.70. The summed E-state index contributed by atoms with van der Waals surface area (Å²) in [5.41, 5.74) is 0.916. The highest BCUT2D eigenvalue weighted by Crippen LogP contribution is 2.34. The molecule has 0 amide bonds. The first kappa shape index (κ1) is 18.4. The number of nitrogens with zero attached hydrogens (tertiary/aromatic N) is 3. The predicted molar refractivity (Wildman–Crippen MR) is 90.0 cm³/mol. The van der Waals surface area contributed by atoms with Crippen LogP contribution >= 0.6 is 22.9 Å². The Morgan fingerprint density at radius 3 is 2.60 bits per heavy atom. The average molecular weight is 393 g/mol. The van der Waals surface area contributed by atoms with Gasteiger partial charge in [0, 0.05) is 24.7 Å². The molecule has 1 aromatic carbocycles. The Hall–Kier alpha value is -1.42. The second-order valence-electron chi connectivity index (χ2n) is 5.48. The smallest absolute Gasteiger partial charge is 0.379 e. The van der Waals surface area contributed by atoms with Crippen molar-refractivity contribution in [2.75, 3.05) is 38.2 Å². The van der Waals surface area contributed by atoms with Crippen molar-refractivity contribution in [3.8, 4) is 0 Å². The van der Waals surface area contributed by atoms with Gasteiger partial charge in [0.15, 0.2) is 0 Å². The van der Waals surface area contributed by atoms with Gasteiger partial charge in [-0.25, -0.2) is 0 Å². The van der Waals surface area contributed by atoms with E-state index in [0.29, 0.717) is 36.1 Å². The molecule has 5 nitrogen and oxygen atoms in total. The minimum Gasteiger partial charge on any atom is -0.379 e. The van der Waals surface area contributed by atoms with E-state index >= 15 is 0 Å². The summed E-state index contributed by atoms with van der Waals surface area (Å²) in [5.74, 6) is 0. The van der Waals surface area contributed by atoms with E-state index in [-0.39, 0.29) is 11.2 Å². The molecule has 0 spiro atoms. The Labute approximate surface area is 151 Å². The van der Waals surface area contributed by atoms with Gasteiger partial charge in [0.2, 0.25) is 10.1 Å². The number of halogens is 4. The van der Waals surface area contributed by atoms with E-state index in [1.807, 2.05) is 18.2 Å². The summed E-state index contributed by atoms with van der Waals surface area (Å²) in [6.07, 6.45) is -4.48. The van der Waals surface area contributed by atoms with Gasteiger partial charge >= 0.3 is 6.18 Å². The summed E-state index contributed by atoms with van der Waals surface area (Å²) >= 11 is 6.82. The number of hydrogen-bond donors (Lipinski definition) is 1. The van der Waals surface area contributed by atoms with Crippen molar-refractivity contribution in [1.29, 1.82) is 0 Å². The summed E-state index contributed by atoms with van der Waals surface area (Å²) in [7, 11) is 0. The summed E-state index contributed by atoms with van der Waals surface area (Å²) in [6, 6.07) is 7.36. The quantitative estimate of drug-likeness (QED) is 0.840. The third-order valence-corrected chi connectivity index (χ3v) is 5.13. The maximum atomic E-state index is 12.6. The van der Waals surface area contributed by atoms with Gasteiger partial charge in [-0.05, 0) is 11.6 Å². The first-order chi connectivity index (χ1) is 11.9. The highest BCUT2D eigenvalue weighted by atomic mass is 35.5. The zero-order valence-corrected chi connectivity index (χ0v) is 14.7. The van der Waals surface area contributed by atoms with Crippen molar-refractivity contribution in [3.05, 3.63) is 39.9 Å². The van der Waals surface area contributed by atoms with Crippen LogP contribution in [0.5, 0.6) is 0 Å². The van der Waals surface area contributed by atoms with Crippen molar-refractivity contribution >= 4 is 28.1 Å². The highest BCUT2D eigenvalue weighted by Gasteiger charge is 2.35. The molecule has 1 aliphatic rings. The van der Waals surface area contributed by atoms with Crippen molar-refractivity contribution in [1.82, 2.24) is 15.1 Å². The number of ether oxygens (including phenoxy) is 1. The molecule has 136 valence electrons. The minimum absolute atomic E-state index is 0.101. The molecular weight excluding hydrogens is 377 g/mol. The third-order valence-electron chi connectivity index (χ3n) is 3.86. The third kappa shape index (κ3) is 4.60. The number of aromatic nitrogens is 2. The Morgan fingerprint density at radius 1 is 1.24 bits per heavy atom. The molecule has 1 unspecified atom stereocenters. The van der Waals surface area contributed by atoms with Crippen molar-refractivity contribution < 1.29 is 17.9 Å². The van der Waals surface area contributed by atoms with Crippen LogP contribution in [0.25, 0.3) is 0 Å². The van der Waals surface area contributed by atoms with Crippen LogP contribution in [0, 0.1) is 0 Å². The maximum absolute atomic E-state index is 12.6. The van der Waals surface area contributed by atoms with E-state index in [2.05, 4.69) is 20.4 Å².